The lowest BCUT2D eigenvalue weighted by atomic mass is 10.1. The third-order valence-electron chi connectivity index (χ3n) is 6.55. The van der Waals surface area contributed by atoms with Crippen molar-refractivity contribution in [2.45, 2.75) is 49.1 Å². The molecule has 2 aliphatic heterocycles. The zero-order valence-electron chi connectivity index (χ0n) is 25.4. The lowest BCUT2D eigenvalue weighted by Gasteiger charge is -2.21. The smallest absolute Gasteiger partial charge is 0.387 e. The zero-order chi connectivity index (χ0) is 39.9. The molecule has 35 heteroatoms. The van der Waals surface area contributed by atoms with Gasteiger partial charge in [-0.1, -0.05) is 0 Å². The number of phosphoric acid groups is 5. The van der Waals surface area contributed by atoms with Gasteiger partial charge in [-0.2, -0.15) is 17.2 Å². The second kappa shape index (κ2) is 16.1. The standard InChI is InChI=1S/C18H27N4O26P5/c23-9-1-3-21(17(29)19-9)15-13(27)11(25)7(43-15)5-41-49(31,32)45-51(35,36)47-53(39,40)48-52(37,38)46-50(33,34)42-6-8-12(26)14(28)16(44-8)22-4-2-10(24)20-18(22)30/h1-4,7-8,11-16,25-28H,5-6H2,(H,31,32)(H,33,34)(H,35,36)(H,37,38)(H,39,40)(H,19,23,29)(H,20,24,30)/t7-,8+,11-,12+,13-,14+,15-,16+. The molecule has 5 unspecified atom stereocenters. The van der Waals surface area contributed by atoms with Crippen molar-refractivity contribution in [2.75, 3.05) is 13.2 Å². The predicted octanol–water partition coefficient (Wildman–Crippen LogP) is -4.07. The van der Waals surface area contributed by atoms with E-state index in [4.69, 9.17) is 9.47 Å². The number of ether oxygens (including phenoxy) is 2. The van der Waals surface area contributed by atoms with Gasteiger partial charge in [-0.05, 0) is 0 Å². The van der Waals surface area contributed by atoms with E-state index in [2.05, 4.69) is 26.3 Å². The number of H-pyrrole nitrogens is 2. The molecule has 4 rings (SSSR count). The maximum Gasteiger partial charge on any atom is 0.490 e. The van der Waals surface area contributed by atoms with Crippen molar-refractivity contribution in [3.63, 3.8) is 0 Å². The van der Waals surface area contributed by atoms with Crippen LogP contribution in [0, 0.1) is 0 Å². The molecule has 2 fully saturated rings. The number of aliphatic hydroxyl groups excluding tert-OH is 4. The molecule has 2 aromatic rings. The Morgan fingerprint density at radius 2 is 0.849 bits per heavy atom. The van der Waals surface area contributed by atoms with Crippen LogP contribution in [0.5, 0.6) is 0 Å². The highest BCUT2D eigenvalue weighted by molar-refractivity contribution is 7.71. The minimum absolute atomic E-state index is 0.612. The molecule has 2 aliphatic rings. The van der Waals surface area contributed by atoms with E-state index in [0.717, 1.165) is 24.5 Å². The largest absolute Gasteiger partial charge is 0.490 e. The number of aromatic nitrogens is 4. The van der Waals surface area contributed by atoms with Crippen LogP contribution in [0.25, 0.3) is 0 Å². The quantitative estimate of drug-likeness (QED) is 0.0715. The van der Waals surface area contributed by atoms with Crippen LogP contribution < -0.4 is 22.5 Å². The fraction of sp³-hybridized carbons (Fsp3) is 0.556. The van der Waals surface area contributed by atoms with Crippen molar-refractivity contribution < 1.29 is 103 Å². The first-order valence-electron chi connectivity index (χ1n) is 13.6. The normalized spacial score (nSPS) is 31.9. The van der Waals surface area contributed by atoms with E-state index >= 15 is 0 Å². The van der Waals surface area contributed by atoms with Gasteiger partial charge < -0.3 is 54.4 Å². The van der Waals surface area contributed by atoms with Crippen molar-refractivity contribution in [3.8, 4) is 0 Å². The minimum atomic E-state index is -6.49. The van der Waals surface area contributed by atoms with E-state index < -0.39 is 124 Å². The highest BCUT2D eigenvalue weighted by atomic mass is 31.3. The van der Waals surface area contributed by atoms with E-state index in [1.165, 1.54) is 0 Å². The second-order valence-electron chi connectivity index (χ2n) is 10.4. The number of nitrogens with zero attached hydrogens (tertiary/aromatic N) is 2. The number of aliphatic hydroxyl groups is 4. The van der Waals surface area contributed by atoms with Gasteiger partial charge in [-0.25, -0.2) is 32.4 Å². The molecule has 30 nitrogen and oxygen atoms in total. The number of hydrogen-bond donors (Lipinski definition) is 11. The van der Waals surface area contributed by atoms with Crippen LogP contribution in [0.15, 0.2) is 43.7 Å². The Balaban J connectivity index is 1.30. The first-order chi connectivity index (χ1) is 24.2. The molecule has 0 amide bonds. The highest BCUT2D eigenvalue weighted by Crippen LogP contribution is 2.73. The van der Waals surface area contributed by atoms with Crippen molar-refractivity contribution in [2.24, 2.45) is 0 Å². The molecule has 13 atom stereocenters. The Morgan fingerprint density at radius 3 is 1.15 bits per heavy atom. The summed E-state index contributed by atoms with van der Waals surface area (Å²) < 4.78 is 95.8. The molecule has 4 heterocycles. The summed E-state index contributed by atoms with van der Waals surface area (Å²) in [6.45, 7) is -2.54. The summed E-state index contributed by atoms with van der Waals surface area (Å²) in [6, 6.07) is 1.68. The molecule has 2 saturated heterocycles. The van der Waals surface area contributed by atoms with Crippen molar-refractivity contribution >= 4 is 39.1 Å². The molecule has 0 radical (unpaired) electrons. The fourth-order valence-corrected chi connectivity index (χ4v) is 10.8. The second-order valence-corrected chi connectivity index (χ2v) is 18.2. The molecular formula is C18H27N4O26P5. The van der Waals surface area contributed by atoms with Gasteiger partial charge in [0.2, 0.25) is 0 Å². The van der Waals surface area contributed by atoms with Gasteiger partial charge in [0, 0.05) is 24.5 Å². The molecule has 0 aliphatic carbocycles. The Bertz CT molecular complexity index is 2000. The molecule has 0 aromatic carbocycles. The van der Waals surface area contributed by atoms with Crippen LogP contribution in [0.1, 0.15) is 12.5 Å². The fourth-order valence-electron chi connectivity index (χ4n) is 4.40. The van der Waals surface area contributed by atoms with Crippen LogP contribution in [0.4, 0.5) is 0 Å². The Kier molecular flexibility index (Phi) is 13.3. The van der Waals surface area contributed by atoms with Gasteiger partial charge in [-0.15, -0.1) is 0 Å². The monoisotopic (exact) mass is 870 g/mol. The van der Waals surface area contributed by atoms with Crippen LogP contribution in [-0.4, -0.2) is 114 Å². The molecule has 0 saturated carbocycles. The molecule has 0 spiro atoms. The maximum absolute atomic E-state index is 12.2. The van der Waals surface area contributed by atoms with Gasteiger partial charge in [0.15, 0.2) is 12.5 Å². The Morgan fingerprint density at radius 1 is 0.547 bits per heavy atom. The molecule has 300 valence electrons. The van der Waals surface area contributed by atoms with E-state index in [1.807, 2.05) is 9.97 Å². The van der Waals surface area contributed by atoms with Gasteiger partial charge in [0.1, 0.15) is 36.6 Å². The zero-order valence-corrected chi connectivity index (χ0v) is 29.9. The van der Waals surface area contributed by atoms with Crippen molar-refractivity contribution in [3.05, 3.63) is 66.2 Å². The van der Waals surface area contributed by atoms with Crippen molar-refractivity contribution in [1.82, 2.24) is 19.1 Å². The summed E-state index contributed by atoms with van der Waals surface area (Å²) in [6.07, 6.45) is -13.0. The summed E-state index contributed by atoms with van der Waals surface area (Å²) in [5.74, 6) is 0. The van der Waals surface area contributed by atoms with E-state index in [9.17, 15) is 86.9 Å². The SMILES string of the molecule is O=c1ccn([C@@H]2O[C@H](COP(=O)(O)OP(=O)(O)OP(=O)(O)OP(=O)(O)OP(=O)(O)OC[C@@H]3O[C@H](n4ccc(=O)[nH]c4=O)[C@@H](O)[C@H]3O)[C@@H](O)[C@H]2O)c(=O)[nH]1. The van der Waals surface area contributed by atoms with Crippen LogP contribution >= 0.6 is 39.1 Å². The number of rotatable bonds is 16. The molecular weight excluding hydrogens is 843 g/mol. The number of hydrogen-bond acceptors (Lipinski definition) is 21. The first kappa shape index (κ1) is 43.6. The van der Waals surface area contributed by atoms with Gasteiger partial charge >= 0.3 is 50.5 Å². The topological polar surface area (TPSA) is 451 Å². The van der Waals surface area contributed by atoms with Gasteiger partial charge in [-0.3, -0.25) is 37.7 Å². The van der Waals surface area contributed by atoms with Crippen molar-refractivity contribution in [1.29, 1.82) is 0 Å². The van der Waals surface area contributed by atoms with E-state index in [0.29, 0.717) is 9.13 Å². The van der Waals surface area contributed by atoms with Gasteiger partial charge in [0.25, 0.3) is 11.1 Å². The Hall–Kier alpha value is -2.17. The average molecular weight is 870 g/mol. The predicted molar refractivity (Wildman–Crippen MR) is 160 cm³/mol. The molecule has 53 heavy (non-hydrogen) atoms. The van der Waals surface area contributed by atoms with E-state index in [-0.39, 0.29) is 0 Å². The summed E-state index contributed by atoms with van der Waals surface area (Å²) in [4.78, 5) is 98.7. The van der Waals surface area contributed by atoms with E-state index in [1.54, 1.807) is 0 Å². The summed E-state index contributed by atoms with van der Waals surface area (Å²) >= 11 is 0. The molecule has 0 bridgehead atoms. The third-order valence-corrected chi connectivity index (χ3v) is 14.1. The van der Waals surface area contributed by atoms with Gasteiger partial charge in [0.05, 0.1) is 13.2 Å². The lowest BCUT2D eigenvalue weighted by molar-refractivity contribution is -0.0542. The van der Waals surface area contributed by atoms with Crippen LogP contribution in [0.3, 0.4) is 0 Å². The number of phosphoric ester groups is 2. The molecule has 11 N–H and O–H groups in total. The lowest BCUT2D eigenvalue weighted by Crippen LogP contribution is -2.37. The summed E-state index contributed by atoms with van der Waals surface area (Å²) in [5, 5.41) is 40.7. The minimum Gasteiger partial charge on any atom is -0.387 e. The number of aromatic amines is 2. The van der Waals surface area contributed by atoms with Crippen LogP contribution in [0.2, 0.25) is 0 Å². The molecule has 2 aromatic heterocycles. The maximum atomic E-state index is 12.2. The third kappa shape index (κ3) is 11.4. The average Bonchev–Trinajstić information content (AvgIpc) is 3.42. The first-order valence-corrected chi connectivity index (χ1v) is 21.1. The Labute approximate surface area is 290 Å². The van der Waals surface area contributed by atoms with Crippen LogP contribution in [-0.2, 0) is 58.6 Å². The summed E-state index contributed by atoms with van der Waals surface area (Å²) in [7, 11) is -31.1. The highest BCUT2D eigenvalue weighted by Gasteiger charge is 2.50. The number of nitrogens with one attached hydrogen (secondary N) is 2. The summed E-state index contributed by atoms with van der Waals surface area (Å²) in [5.41, 5.74) is -3.88.